The number of amides is 1. The van der Waals surface area contributed by atoms with Crippen molar-refractivity contribution in [3.8, 4) is 11.1 Å². The van der Waals surface area contributed by atoms with Crippen LogP contribution in [0.1, 0.15) is 41.1 Å². The molecule has 2 aliphatic rings. The molecule has 0 atom stereocenters. The number of fused-ring (bicyclic) bond motifs is 1. The molecule has 9 heteroatoms. The van der Waals surface area contributed by atoms with Gasteiger partial charge < -0.3 is 15.5 Å². The third-order valence-corrected chi connectivity index (χ3v) is 9.42. The number of hydrogen-bond acceptors (Lipinski definition) is 5. The summed E-state index contributed by atoms with van der Waals surface area (Å²) in [6, 6.07) is 13.9. The van der Waals surface area contributed by atoms with Crippen molar-refractivity contribution in [1.82, 2.24) is 14.2 Å². The zero-order valence-electron chi connectivity index (χ0n) is 20.5. The molecule has 0 bridgehead atoms. The number of primary amides is 1. The second-order valence-electron chi connectivity index (χ2n) is 9.72. The highest BCUT2D eigenvalue weighted by Gasteiger charge is 2.30. The predicted octanol–water partition coefficient (Wildman–Crippen LogP) is 3.17. The van der Waals surface area contributed by atoms with Crippen LogP contribution in [0.2, 0.25) is 0 Å². The van der Waals surface area contributed by atoms with E-state index in [1.54, 1.807) is 4.31 Å². The van der Waals surface area contributed by atoms with Gasteiger partial charge in [0.15, 0.2) is 0 Å². The van der Waals surface area contributed by atoms with Crippen LogP contribution in [-0.4, -0.2) is 80.2 Å². The fourth-order valence-electron chi connectivity index (χ4n) is 5.45. The van der Waals surface area contributed by atoms with E-state index in [4.69, 9.17) is 10.5 Å². The average molecular weight is 511 g/mol. The summed E-state index contributed by atoms with van der Waals surface area (Å²) < 4.78 is 33.0. The first-order valence-corrected chi connectivity index (χ1v) is 14.3. The van der Waals surface area contributed by atoms with Crippen molar-refractivity contribution in [2.45, 2.75) is 25.2 Å². The zero-order chi connectivity index (χ0) is 25.1. The summed E-state index contributed by atoms with van der Waals surface area (Å²) in [5.41, 5.74) is 10.0. The molecule has 3 N–H and O–H groups in total. The molecule has 0 aliphatic carbocycles. The Labute approximate surface area is 212 Å². The van der Waals surface area contributed by atoms with Gasteiger partial charge in [0.25, 0.3) is 5.91 Å². The number of hydrogen-bond donors (Lipinski definition) is 2. The number of carbonyl (C=O) groups excluding carboxylic acids is 1. The van der Waals surface area contributed by atoms with Gasteiger partial charge in [0, 0.05) is 37.8 Å². The average Bonchev–Trinajstić information content (AvgIpc) is 3.33. The minimum absolute atomic E-state index is 0.185. The number of sulfonamides is 1. The first-order chi connectivity index (χ1) is 17.4. The van der Waals surface area contributed by atoms with Crippen molar-refractivity contribution in [3.63, 3.8) is 0 Å². The van der Waals surface area contributed by atoms with Crippen LogP contribution in [0.25, 0.3) is 22.0 Å². The lowest BCUT2D eigenvalue weighted by Crippen LogP contribution is -2.41. The van der Waals surface area contributed by atoms with Gasteiger partial charge in [0.2, 0.25) is 10.0 Å². The van der Waals surface area contributed by atoms with Crippen LogP contribution in [0.4, 0.5) is 0 Å². The normalized spacial score (nSPS) is 18.6. The molecule has 36 heavy (non-hydrogen) atoms. The highest BCUT2D eigenvalue weighted by molar-refractivity contribution is 7.89. The van der Waals surface area contributed by atoms with E-state index in [9.17, 15) is 13.2 Å². The van der Waals surface area contributed by atoms with E-state index in [-0.39, 0.29) is 11.7 Å². The second kappa shape index (κ2) is 10.7. The molecule has 2 aliphatic heterocycles. The number of nitrogens with one attached hydrogen (secondary N) is 1. The number of benzene rings is 2. The smallest absolute Gasteiger partial charge is 0.250 e. The van der Waals surface area contributed by atoms with E-state index in [1.165, 1.54) is 0 Å². The maximum absolute atomic E-state index is 13.0. The summed E-state index contributed by atoms with van der Waals surface area (Å²) in [6.07, 6.45) is 4.10. The number of ether oxygens (including phenoxy) is 1. The largest absolute Gasteiger partial charge is 0.379 e. The third-order valence-electron chi connectivity index (χ3n) is 7.46. The van der Waals surface area contributed by atoms with Gasteiger partial charge in [-0.15, -0.1) is 0 Å². The van der Waals surface area contributed by atoms with Gasteiger partial charge in [-0.05, 0) is 60.5 Å². The Bertz CT molecular complexity index is 1310. The fourth-order valence-corrected chi connectivity index (χ4v) is 6.97. The molecule has 5 rings (SSSR count). The summed E-state index contributed by atoms with van der Waals surface area (Å²) in [5, 5.41) is 0.983. The number of carbonyl (C=O) groups is 1. The molecule has 0 saturated carbocycles. The van der Waals surface area contributed by atoms with Crippen LogP contribution in [-0.2, 0) is 14.8 Å². The summed E-state index contributed by atoms with van der Waals surface area (Å²) in [6.45, 7) is 5.01. The van der Waals surface area contributed by atoms with Crippen molar-refractivity contribution in [2.75, 3.05) is 51.7 Å². The Balaban J connectivity index is 1.29. The first kappa shape index (κ1) is 25.0. The van der Waals surface area contributed by atoms with Gasteiger partial charge in [-0.2, -0.15) is 0 Å². The van der Waals surface area contributed by atoms with Gasteiger partial charge >= 0.3 is 0 Å². The van der Waals surface area contributed by atoms with Gasteiger partial charge in [0.05, 0.1) is 30.0 Å². The van der Waals surface area contributed by atoms with Crippen molar-refractivity contribution >= 4 is 26.8 Å². The molecule has 1 amide bonds. The molecule has 192 valence electrons. The van der Waals surface area contributed by atoms with Crippen LogP contribution in [0.3, 0.4) is 0 Å². The number of morpholine rings is 1. The molecule has 0 unspecified atom stereocenters. The predicted molar refractivity (Wildman–Crippen MR) is 141 cm³/mol. The fraction of sp³-hybridized carbons (Fsp3) is 0.444. The number of aromatic nitrogens is 1. The summed E-state index contributed by atoms with van der Waals surface area (Å²) in [5.74, 6) is -0.0701. The summed E-state index contributed by atoms with van der Waals surface area (Å²) in [7, 11) is -3.27. The molecule has 3 aromatic rings. The van der Waals surface area contributed by atoms with Crippen LogP contribution in [0, 0.1) is 0 Å². The molecule has 0 spiro atoms. The molecule has 2 saturated heterocycles. The second-order valence-corrected chi connectivity index (χ2v) is 11.8. The van der Waals surface area contributed by atoms with Crippen LogP contribution >= 0.6 is 0 Å². The lowest BCUT2D eigenvalue weighted by molar-refractivity contribution is 0.0380. The maximum atomic E-state index is 13.0. The highest BCUT2D eigenvalue weighted by atomic mass is 32.2. The molecule has 2 aromatic carbocycles. The first-order valence-electron chi connectivity index (χ1n) is 12.7. The van der Waals surface area contributed by atoms with Gasteiger partial charge in [0.1, 0.15) is 0 Å². The highest BCUT2D eigenvalue weighted by Crippen LogP contribution is 2.37. The van der Waals surface area contributed by atoms with E-state index in [2.05, 4.69) is 16.0 Å². The Hall–Kier alpha value is -2.72. The van der Waals surface area contributed by atoms with Gasteiger partial charge in [-0.3, -0.25) is 9.69 Å². The minimum Gasteiger partial charge on any atom is -0.379 e. The Morgan fingerprint density at radius 1 is 1.03 bits per heavy atom. The van der Waals surface area contributed by atoms with E-state index >= 15 is 0 Å². The lowest BCUT2D eigenvalue weighted by Gasteiger charge is -2.32. The Morgan fingerprint density at radius 3 is 2.44 bits per heavy atom. The number of piperidine rings is 1. The molecule has 8 nitrogen and oxygen atoms in total. The zero-order valence-corrected chi connectivity index (χ0v) is 21.3. The molecule has 3 heterocycles. The van der Waals surface area contributed by atoms with Crippen LogP contribution in [0.5, 0.6) is 0 Å². The number of aromatic amines is 1. The van der Waals surface area contributed by atoms with Crippen LogP contribution in [0.15, 0.2) is 48.7 Å². The topological polar surface area (TPSA) is 109 Å². The van der Waals surface area contributed by atoms with Gasteiger partial charge in [-0.25, -0.2) is 12.7 Å². The van der Waals surface area contributed by atoms with Crippen molar-refractivity contribution in [1.29, 1.82) is 0 Å². The number of nitrogens with two attached hydrogens (primary N) is 1. The van der Waals surface area contributed by atoms with E-state index in [0.717, 1.165) is 73.3 Å². The lowest BCUT2D eigenvalue weighted by atomic mass is 9.88. The number of H-pyrrole nitrogens is 1. The van der Waals surface area contributed by atoms with Crippen molar-refractivity contribution in [3.05, 3.63) is 59.8 Å². The SMILES string of the molecule is NC(=O)c1cc(-c2ccccc2)cc2c(C3CCN(S(=O)(=O)CCCN4CCOCC4)CC3)c[nH]c12. The van der Waals surface area contributed by atoms with Crippen molar-refractivity contribution in [2.24, 2.45) is 5.73 Å². The van der Waals surface area contributed by atoms with Crippen LogP contribution < -0.4 is 5.73 Å². The molecule has 1 aromatic heterocycles. The molecular formula is C27H34N4O4S. The third kappa shape index (κ3) is 5.34. The number of rotatable bonds is 8. The summed E-state index contributed by atoms with van der Waals surface area (Å²) in [4.78, 5) is 17.8. The van der Waals surface area contributed by atoms with E-state index in [1.807, 2.05) is 42.6 Å². The molecular weight excluding hydrogens is 476 g/mol. The Kier molecular flexibility index (Phi) is 7.43. The molecule has 0 radical (unpaired) electrons. The maximum Gasteiger partial charge on any atom is 0.250 e. The van der Waals surface area contributed by atoms with E-state index < -0.39 is 15.9 Å². The van der Waals surface area contributed by atoms with E-state index in [0.29, 0.717) is 25.1 Å². The Morgan fingerprint density at radius 2 is 1.75 bits per heavy atom. The van der Waals surface area contributed by atoms with Gasteiger partial charge in [-0.1, -0.05) is 30.3 Å². The quantitative estimate of drug-likeness (QED) is 0.484. The minimum atomic E-state index is -3.27. The monoisotopic (exact) mass is 510 g/mol. The molecule has 2 fully saturated rings. The number of nitrogens with zero attached hydrogens (tertiary/aromatic N) is 2. The standard InChI is InChI=1S/C27H34N4O4S/c28-27(32)24-18-22(20-5-2-1-3-6-20)17-23-25(19-29-26(23)24)21-7-10-31(11-8-21)36(33,34)16-4-9-30-12-14-35-15-13-30/h1-3,5-6,17-19,21,29H,4,7-16H2,(H2,28,32). The van der Waals surface area contributed by atoms with Crippen molar-refractivity contribution < 1.29 is 17.9 Å². The summed E-state index contributed by atoms with van der Waals surface area (Å²) >= 11 is 0.